The maximum atomic E-state index is 15.0. The molecule has 3 aromatic carbocycles. The summed E-state index contributed by atoms with van der Waals surface area (Å²) in [5.41, 5.74) is 1.86. The van der Waals surface area contributed by atoms with E-state index in [0.717, 1.165) is 11.1 Å². The first-order valence-electron chi connectivity index (χ1n) is 11.0. The van der Waals surface area contributed by atoms with Crippen LogP contribution >= 0.6 is 0 Å². The van der Waals surface area contributed by atoms with E-state index in [9.17, 15) is 9.18 Å². The third-order valence-electron chi connectivity index (χ3n) is 5.02. The van der Waals surface area contributed by atoms with Crippen LogP contribution in [0.2, 0.25) is 0 Å². The summed E-state index contributed by atoms with van der Waals surface area (Å²) < 4.78 is 31.1. The van der Waals surface area contributed by atoms with E-state index in [1.54, 1.807) is 20.8 Å². The quantitative estimate of drug-likeness (QED) is 0.321. The van der Waals surface area contributed by atoms with Crippen molar-refractivity contribution in [1.82, 2.24) is 0 Å². The molecule has 0 aliphatic heterocycles. The number of benzene rings is 3. The van der Waals surface area contributed by atoms with Gasteiger partial charge in [-0.1, -0.05) is 60.7 Å². The zero-order chi connectivity index (χ0) is 24.7. The minimum Gasteiger partial charge on any atom is -0.493 e. The predicted octanol–water partition coefficient (Wildman–Crippen LogP) is 5.63. The Hall–Kier alpha value is -3.67. The molecule has 0 amide bonds. The van der Waals surface area contributed by atoms with Gasteiger partial charge in [-0.2, -0.15) is 0 Å². The maximum absolute atomic E-state index is 15.0. The summed E-state index contributed by atoms with van der Waals surface area (Å²) in [6, 6.07) is 21.0. The molecule has 1 atom stereocenters. The molecule has 0 saturated heterocycles. The number of carbonyl (C=O) groups is 1. The molecule has 0 fully saturated rings. The van der Waals surface area contributed by atoms with Crippen molar-refractivity contribution in [2.75, 3.05) is 14.2 Å². The molecule has 34 heavy (non-hydrogen) atoms. The number of ether oxygens (including phenoxy) is 3. The molecule has 3 aromatic rings. The van der Waals surface area contributed by atoms with E-state index in [-0.39, 0.29) is 17.7 Å². The number of aliphatic imine (C=N–C) groups is 1. The van der Waals surface area contributed by atoms with Crippen molar-refractivity contribution >= 4 is 11.7 Å². The molecule has 6 heteroatoms. The van der Waals surface area contributed by atoms with E-state index in [2.05, 4.69) is 0 Å². The summed E-state index contributed by atoms with van der Waals surface area (Å²) in [7, 11) is 2.92. The van der Waals surface area contributed by atoms with Crippen LogP contribution in [0.15, 0.2) is 77.8 Å². The smallest absolute Gasteiger partial charge is 0.331 e. The van der Waals surface area contributed by atoms with E-state index in [4.69, 9.17) is 19.2 Å². The molecule has 0 bridgehead atoms. The van der Waals surface area contributed by atoms with Crippen molar-refractivity contribution in [3.63, 3.8) is 0 Å². The standard InChI is InChI=1S/C28H30FNO4/c1-28(2,3)34-27(31)23(16-21-17-24(32-4)25(33-5)18-22(21)29)30-26(19-12-8-6-9-13-19)20-14-10-7-11-15-20/h6-15,17-18,23H,16H2,1-5H3/t23-/m1/s1/i29-1. The molecule has 0 saturated carbocycles. The zero-order valence-electron chi connectivity index (χ0n) is 20.2. The van der Waals surface area contributed by atoms with Crippen LogP contribution < -0.4 is 9.47 Å². The predicted molar refractivity (Wildman–Crippen MR) is 131 cm³/mol. The van der Waals surface area contributed by atoms with Crippen LogP contribution in [0.5, 0.6) is 11.5 Å². The van der Waals surface area contributed by atoms with Gasteiger partial charge in [-0.25, -0.2) is 9.18 Å². The summed E-state index contributed by atoms with van der Waals surface area (Å²) in [5.74, 6) is -0.402. The van der Waals surface area contributed by atoms with Gasteiger partial charge in [0.15, 0.2) is 17.5 Å². The molecule has 0 aromatic heterocycles. The van der Waals surface area contributed by atoms with Crippen molar-refractivity contribution in [3.8, 4) is 11.5 Å². The fourth-order valence-corrected chi connectivity index (χ4v) is 3.48. The van der Waals surface area contributed by atoms with Gasteiger partial charge in [0, 0.05) is 23.6 Å². The van der Waals surface area contributed by atoms with Gasteiger partial charge in [-0.3, -0.25) is 4.99 Å². The van der Waals surface area contributed by atoms with Gasteiger partial charge in [-0.05, 0) is 32.4 Å². The molecule has 0 spiro atoms. The molecule has 0 radical (unpaired) electrons. The normalized spacial score (nSPS) is 11.9. The Morgan fingerprint density at radius 3 is 1.85 bits per heavy atom. The Morgan fingerprint density at radius 2 is 1.38 bits per heavy atom. The lowest BCUT2D eigenvalue weighted by atomic mass is 10.00. The number of methoxy groups -OCH3 is 2. The zero-order valence-corrected chi connectivity index (χ0v) is 20.2. The molecule has 0 aliphatic carbocycles. The molecular weight excluding hydrogens is 432 g/mol. The number of carbonyl (C=O) groups excluding carboxylic acids is 1. The van der Waals surface area contributed by atoms with Crippen LogP contribution in [0.1, 0.15) is 37.5 Å². The van der Waals surface area contributed by atoms with Gasteiger partial charge in [0.05, 0.1) is 19.9 Å². The van der Waals surface area contributed by atoms with Crippen LogP contribution in [0.4, 0.5) is 4.39 Å². The second kappa shape index (κ2) is 11.0. The van der Waals surface area contributed by atoms with Crippen molar-refractivity contribution in [2.24, 2.45) is 4.99 Å². The largest absolute Gasteiger partial charge is 0.493 e. The third-order valence-corrected chi connectivity index (χ3v) is 5.02. The second-order valence-corrected chi connectivity index (χ2v) is 8.76. The lowest BCUT2D eigenvalue weighted by Gasteiger charge is -2.23. The van der Waals surface area contributed by atoms with Crippen LogP contribution in [-0.2, 0) is 16.0 Å². The Balaban J connectivity index is 2.12. The first-order chi connectivity index (χ1) is 16.2. The van der Waals surface area contributed by atoms with Crippen LogP contribution in [0.25, 0.3) is 0 Å². The summed E-state index contributed by atoms with van der Waals surface area (Å²) >= 11 is 0. The molecule has 0 heterocycles. The Bertz CT molecular complexity index is 1100. The number of hydrogen-bond acceptors (Lipinski definition) is 5. The van der Waals surface area contributed by atoms with Crippen LogP contribution in [0.3, 0.4) is 0 Å². The maximum Gasteiger partial charge on any atom is 0.331 e. The van der Waals surface area contributed by atoms with Gasteiger partial charge < -0.3 is 14.2 Å². The topological polar surface area (TPSA) is 57.1 Å². The van der Waals surface area contributed by atoms with Crippen LogP contribution in [-0.4, -0.2) is 37.5 Å². The summed E-state index contributed by atoms with van der Waals surface area (Å²) in [5, 5.41) is 0. The van der Waals surface area contributed by atoms with Gasteiger partial charge in [0.25, 0.3) is 0 Å². The van der Waals surface area contributed by atoms with E-state index < -0.39 is 23.4 Å². The molecule has 178 valence electrons. The fraction of sp³-hybridized carbons (Fsp3) is 0.286. The number of rotatable bonds is 8. The molecule has 0 aliphatic rings. The first kappa shape index (κ1) is 25.0. The summed E-state index contributed by atoms with van der Waals surface area (Å²) in [4.78, 5) is 18.1. The number of halogens is 1. The summed E-state index contributed by atoms with van der Waals surface area (Å²) in [6.45, 7) is 5.37. The highest BCUT2D eigenvalue weighted by Crippen LogP contribution is 2.31. The fourth-order valence-electron chi connectivity index (χ4n) is 3.48. The first-order valence-corrected chi connectivity index (χ1v) is 11.0. The number of esters is 1. The molecule has 5 nitrogen and oxygen atoms in total. The Labute approximate surface area is 200 Å². The Kier molecular flexibility index (Phi) is 8.05. The Morgan fingerprint density at radius 1 is 0.882 bits per heavy atom. The highest BCUT2D eigenvalue weighted by atomic mass is 18.2. The van der Waals surface area contributed by atoms with Gasteiger partial charge in [0.1, 0.15) is 11.4 Å². The van der Waals surface area contributed by atoms with Gasteiger partial charge in [0.2, 0.25) is 0 Å². The highest BCUT2D eigenvalue weighted by Gasteiger charge is 2.28. The SMILES string of the molecule is COc1cc([18F])c(C[C@@H](N=C(c2ccccc2)c2ccccc2)C(=O)OC(C)(C)C)cc1OC. The average Bonchev–Trinajstić information content (AvgIpc) is 2.82. The molecule has 0 unspecified atom stereocenters. The van der Waals surface area contributed by atoms with Crippen molar-refractivity contribution < 1.29 is 23.4 Å². The number of nitrogens with zero attached hydrogens (tertiary/aromatic N) is 1. The average molecular weight is 463 g/mol. The van der Waals surface area contributed by atoms with E-state index >= 15 is 0 Å². The highest BCUT2D eigenvalue weighted by molar-refractivity contribution is 6.13. The molecule has 3 rings (SSSR count). The van der Waals surface area contributed by atoms with Gasteiger partial charge >= 0.3 is 5.97 Å². The van der Waals surface area contributed by atoms with E-state index in [1.807, 2.05) is 60.7 Å². The molecular formula is C28H30FNO4. The van der Waals surface area contributed by atoms with E-state index in [0.29, 0.717) is 11.5 Å². The number of hydrogen-bond donors (Lipinski definition) is 0. The second-order valence-electron chi connectivity index (χ2n) is 8.76. The third kappa shape index (κ3) is 6.44. The van der Waals surface area contributed by atoms with Crippen molar-refractivity contribution in [2.45, 2.75) is 38.8 Å². The summed E-state index contributed by atoms with van der Waals surface area (Å²) in [6.07, 6.45) is -0.00965. The lowest BCUT2D eigenvalue weighted by Crippen LogP contribution is -2.33. The minimum atomic E-state index is -0.984. The monoisotopic (exact) mass is 462 g/mol. The van der Waals surface area contributed by atoms with Gasteiger partial charge in [-0.15, -0.1) is 0 Å². The lowest BCUT2D eigenvalue weighted by molar-refractivity contribution is -0.156. The molecule has 0 N–H and O–H groups in total. The van der Waals surface area contributed by atoms with Crippen LogP contribution in [0, 0.1) is 5.82 Å². The van der Waals surface area contributed by atoms with E-state index in [1.165, 1.54) is 26.4 Å². The van der Waals surface area contributed by atoms with Crippen molar-refractivity contribution in [3.05, 3.63) is 95.3 Å². The van der Waals surface area contributed by atoms with Crippen molar-refractivity contribution in [1.29, 1.82) is 0 Å². The minimum absolute atomic E-state index is 0.00965.